The van der Waals surface area contributed by atoms with Gasteiger partial charge in [0.1, 0.15) is 12.7 Å². The molecule has 56 valence electrons. The van der Waals surface area contributed by atoms with Crippen LogP contribution in [-0.2, 0) is 9.53 Å². The summed E-state index contributed by atoms with van der Waals surface area (Å²) in [5, 5.41) is 8.07. The maximum Gasteiger partial charge on any atom is 0.246 e. The van der Waals surface area contributed by atoms with Crippen molar-refractivity contribution in [2.75, 3.05) is 6.61 Å². The van der Waals surface area contributed by atoms with Crippen molar-refractivity contribution >= 4 is 5.91 Å². The zero-order valence-corrected chi connectivity index (χ0v) is 5.83. The van der Waals surface area contributed by atoms with Crippen LogP contribution in [0.3, 0.4) is 0 Å². The summed E-state index contributed by atoms with van der Waals surface area (Å²) in [6.07, 6.45) is -0.101. The lowest BCUT2D eigenvalue weighted by molar-refractivity contribution is -0.128. The predicted molar refractivity (Wildman–Crippen MR) is 34.8 cm³/mol. The van der Waals surface area contributed by atoms with E-state index in [4.69, 9.17) is 15.7 Å². The van der Waals surface area contributed by atoms with Crippen LogP contribution in [0.15, 0.2) is 0 Å². The highest BCUT2D eigenvalue weighted by Crippen LogP contribution is 1.94. The summed E-state index contributed by atoms with van der Waals surface area (Å²) < 4.78 is 4.77. The lowest BCUT2D eigenvalue weighted by Gasteiger charge is -2.07. The van der Waals surface area contributed by atoms with E-state index in [1.54, 1.807) is 13.0 Å². The summed E-state index contributed by atoms with van der Waals surface area (Å²) in [6, 6.07) is 1.76. The molecule has 0 aromatic rings. The Balaban J connectivity index is 3.63. The topological polar surface area (TPSA) is 76.1 Å². The second-order valence-corrected chi connectivity index (χ2v) is 1.77. The molecule has 0 heterocycles. The third kappa shape index (κ3) is 3.05. The van der Waals surface area contributed by atoms with Gasteiger partial charge in [-0.25, -0.2) is 0 Å². The highest BCUT2D eigenvalue weighted by Gasteiger charge is 2.11. The summed E-state index contributed by atoms with van der Waals surface area (Å²) in [6.45, 7) is 1.69. The van der Waals surface area contributed by atoms with Crippen molar-refractivity contribution in [3.8, 4) is 6.07 Å². The fraction of sp³-hybridized carbons (Fsp3) is 0.667. The molecule has 0 fully saturated rings. The molecule has 4 heteroatoms. The third-order valence-electron chi connectivity index (χ3n) is 1.04. The molecular weight excluding hydrogens is 132 g/mol. The number of carbonyl (C=O) groups is 1. The summed E-state index contributed by atoms with van der Waals surface area (Å²) >= 11 is 0. The average Bonchev–Trinajstić information content (AvgIpc) is 1.89. The van der Waals surface area contributed by atoms with E-state index in [0.717, 1.165) is 0 Å². The van der Waals surface area contributed by atoms with Crippen molar-refractivity contribution < 1.29 is 9.53 Å². The fourth-order valence-electron chi connectivity index (χ4n) is 0.539. The SMILES string of the molecule is CCC(OCC#N)C(N)=O. The molecule has 0 rings (SSSR count). The Kier molecular flexibility index (Phi) is 4.25. The van der Waals surface area contributed by atoms with Gasteiger partial charge in [0.15, 0.2) is 0 Å². The van der Waals surface area contributed by atoms with Crippen molar-refractivity contribution in [3.63, 3.8) is 0 Å². The second kappa shape index (κ2) is 4.77. The van der Waals surface area contributed by atoms with Gasteiger partial charge in [-0.1, -0.05) is 6.92 Å². The number of primary amides is 1. The summed E-state index contributed by atoms with van der Waals surface area (Å²) in [5.41, 5.74) is 4.91. The zero-order valence-electron chi connectivity index (χ0n) is 5.83. The van der Waals surface area contributed by atoms with E-state index in [-0.39, 0.29) is 6.61 Å². The number of carbonyl (C=O) groups excluding carboxylic acids is 1. The summed E-state index contributed by atoms with van der Waals surface area (Å²) in [4.78, 5) is 10.4. The standard InChI is InChI=1S/C6H10N2O2/c1-2-5(6(8)9)10-4-3-7/h5H,2,4H2,1H3,(H2,8,9). The van der Waals surface area contributed by atoms with E-state index in [1.807, 2.05) is 0 Å². The first kappa shape index (κ1) is 8.92. The van der Waals surface area contributed by atoms with Crippen LogP contribution in [-0.4, -0.2) is 18.6 Å². The van der Waals surface area contributed by atoms with E-state index in [1.165, 1.54) is 0 Å². The normalized spacial score (nSPS) is 12.0. The monoisotopic (exact) mass is 142 g/mol. The molecule has 0 aromatic carbocycles. The molecule has 0 spiro atoms. The molecule has 0 saturated carbocycles. The van der Waals surface area contributed by atoms with Crippen LogP contribution < -0.4 is 5.73 Å². The molecule has 0 aliphatic carbocycles. The lowest BCUT2D eigenvalue weighted by atomic mass is 10.3. The number of ether oxygens (including phenoxy) is 1. The minimum absolute atomic E-state index is 0.0819. The van der Waals surface area contributed by atoms with E-state index < -0.39 is 12.0 Å². The van der Waals surface area contributed by atoms with Gasteiger partial charge in [-0.15, -0.1) is 0 Å². The van der Waals surface area contributed by atoms with Crippen LogP contribution in [0, 0.1) is 11.3 Å². The third-order valence-corrected chi connectivity index (χ3v) is 1.04. The minimum atomic E-state index is -0.611. The maximum absolute atomic E-state index is 10.4. The number of hydrogen-bond acceptors (Lipinski definition) is 3. The molecule has 4 nitrogen and oxygen atoms in total. The first-order valence-electron chi connectivity index (χ1n) is 3.00. The highest BCUT2D eigenvalue weighted by molar-refractivity contribution is 5.78. The quantitative estimate of drug-likeness (QED) is 0.590. The number of nitriles is 1. The Labute approximate surface area is 59.6 Å². The molecular formula is C6H10N2O2. The molecule has 0 aliphatic rings. The maximum atomic E-state index is 10.4. The molecule has 0 saturated heterocycles. The molecule has 2 N–H and O–H groups in total. The van der Waals surface area contributed by atoms with Crippen molar-refractivity contribution in [1.29, 1.82) is 5.26 Å². The van der Waals surface area contributed by atoms with E-state index in [0.29, 0.717) is 6.42 Å². The van der Waals surface area contributed by atoms with E-state index in [9.17, 15) is 4.79 Å². The van der Waals surface area contributed by atoms with Gasteiger partial charge in [-0.05, 0) is 6.42 Å². The van der Waals surface area contributed by atoms with Crippen molar-refractivity contribution in [1.82, 2.24) is 0 Å². The Bertz CT molecular complexity index is 150. The molecule has 1 atom stereocenters. The van der Waals surface area contributed by atoms with Gasteiger partial charge in [-0.3, -0.25) is 4.79 Å². The Morgan fingerprint density at radius 1 is 1.90 bits per heavy atom. The number of nitrogens with two attached hydrogens (primary N) is 1. The van der Waals surface area contributed by atoms with Crippen molar-refractivity contribution in [3.05, 3.63) is 0 Å². The number of amides is 1. The second-order valence-electron chi connectivity index (χ2n) is 1.77. The predicted octanol–water partition coefficient (Wildman–Crippen LogP) is -0.210. The summed E-state index contributed by atoms with van der Waals surface area (Å²) in [5.74, 6) is -0.516. The lowest BCUT2D eigenvalue weighted by Crippen LogP contribution is -2.30. The Morgan fingerprint density at radius 2 is 2.50 bits per heavy atom. The molecule has 10 heavy (non-hydrogen) atoms. The smallest absolute Gasteiger partial charge is 0.246 e. The molecule has 0 radical (unpaired) electrons. The summed E-state index contributed by atoms with van der Waals surface area (Å²) in [7, 11) is 0. The van der Waals surface area contributed by atoms with Crippen LogP contribution in [0.25, 0.3) is 0 Å². The Hall–Kier alpha value is -1.08. The van der Waals surface area contributed by atoms with Gasteiger partial charge in [-0.2, -0.15) is 5.26 Å². The van der Waals surface area contributed by atoms with Crippen LogP contribution in [0.2, 0.25) is 0 Å². The fourth-order valence-corrected chi connectivity index (χ4v) is 0.539. The number of hydrogen-bond donors (Lipinski definition) is 1. The Morgan fingerprint density at radius 3 is 2.80 bits per heavy atom. The van der Waals surface area contributed by atoms with E-state index in [2.05, 4.69) is 0 Å². The van der Waals surface area contributed by atoms with Crippen LogP contribution in [0.1, 0.15) is 13.3 Å². The van der Waals surface area contributed by atoms with Gasteiger partial charge in [0.05, 0.1) is 6.07 Å². The first-order valence-corrected chi connectivity index (χ1v) is 3.00. The van der Waals surface area contributed by atoms with Crippen molar-refractivity contribution in [2.45, 2.75) is 19.4 Å². The number of rotatable bonds is 4. The van der Waals surface area contributed by atoms with Crippen LogP contribution >= 0.6 is 0 Å². The van der Waals surface area contributed by atoms with Gasteiger partial charge < -0.3 is 10.5 Å². The van der Waals surface area contributed by atoms with Crippen LogP contribution in [0.5, 0.6) is 0 Å². The van der Waals surface area contributed by atoms with E-state index >= 15 is 0 Å². The largest absolute Gasteiger partial charge is 0.367 e. The average molecular weight is 142 g/mol. The van der Waals surface area contributed by atoms with Gasteiger partial charge in [0.2, 0.25) is 5.91 Å². The molecule has 1 amide bonds. The molecule has 0 bridgehead atoms. The van der Waals surface area contributed by atoms with Gasteiger partial charge in [0, 0.05) is 0 Å². The highest BCUT2D eigenvalue weighted by atomic mass is 16.5. The van der Waals surface area contributed by atoms with Gasteiger partial charge >= 0.3 is 0 Å². The van der Waals surface area contributed by atoms with Crippen LogP contribution in [0.4, 0.5) is 0 Å². The van der Waals surface area contributed by atoms with Crippen molar-refractivity contribution in [2.24, 2.45) is 5.73 Å². The van der Waals surface area contributed by atoms with Gasteiger partial charge in [0.25, 0.3) is 0 Å². The molecule has 0 aromatic heterocycles. The minimum Gasteiger partial charge on any atom is -0.367 e. The zero-order chi connectivity index (χ0) is 7.98. The first-order chi connectivity index (χ1) is 4.72. The molecule has 0 aliphatic heterocycles. The number of nitrogens with zero attached hydrogens (tertiary/aromatic N) is 1. The molecule has 1 unspecified atom stereocenters.